The minimum atomic E-state index is -0.634. The fraction of sp³-hybridized carbons (Fsp3) is 0. The molecular formula is C4H4NO+. The van der Waals surface area contributed by atoms with Crippen molar-refractivity contribution in [1.82, 2.24) is 0 Å². The van der Waals surface area contributed by atoms with E-state index in [9.17, 15) is 4.79 Å². The molecule has 0 atom stereocenters. The van der Waals surface area contributed by atoms with Crippen LogP contribution in [0.5, 0.6) is 0 Å². The van der Waals surface area contributed by atoms with Gasteiger partial charge < -0.3 is 5.73 Å². The first kappa shape index (κ1) is 4.90. The van der Waals surface area contributed by atoms with Crippen LogP contribution in [-0.4, -0.2) is 5.91 Å². The molecule has 0 aromatic rings. The summed E-state index contributed by atoms with van der Waals surface area (Å²) in [5.74, 6) is -0.634. The molecule has 0 aliphatic rings. The average Bonchev–Trinajstić information content (AvgIpc) is 1.35. The van der Waals surface area contributed by atoms with Gasteiger partial charge in [-0.3, -0.25) is 0 Å². The highest BCUT2D eigenvalue weighted by Gasteiger charge is 1.86. The van der Waals surface area contributed by atoms with Gasteiger partial charge in [0.2, 0.25) is 6.08 Å². The third-order valence-corrected chi connectivity index (χ3v) is 0.212. The Morgan fingerprint density at radius 2 is 2.50 bits per heavy atom. The van der Waals surface area contributed by atoms with E-state index in [1.807, 2.05) is 6.08 Å². The number of primary amides is 1. The summed E-state index contributed by atoms with van der Waals surface area (Å²) < 4.78 is 0. The van der Waals surface area contributed by atoms with Gasteiger partial charge in [-0.15, -0.1) is 0 Å². The molecule has 0 saturated carbocycles. The van der Waals surface area contributed by atoms with Crippen LogP contribution in [0.4, 0.5) is 0 Å². The van der Waals surface area contributed by atoms with Gasteiger partial charge in [-0.05, 0) is 0 Å². The molecule has 6 heavy (non-hydrogen) atoms. The standard InChI is InChI=1S/C4H3NO/c1-2-3-4(5)6/h1H2,(H-,5,6)/p+1. The third kappa shape index (κ3) is 2.90. The van der Waals surface area contributed by atoms with Crippen molar-refractivity contribution in [3.8, 4) is 0 Å². The van der Waals surface area contributed by atoms with Gasteiger partial charge in [0.05, 0.1) is 6.58 Å². The zero-order valence-electron chi connectivity index (χ0n) is 3.19. The topological polar surface area (TPSA) is 43.1 Å². The van der Waals surface area contributed by atoms with E-state index in [-0.39, 0.29) is 0 Å². The minimum Gasteiger partial charge on any atom is -0.340 e. The molecule has 2 heteroatoms. The van der Waals surface area contributed by atoms with Crippen LogP contribution in [0.1, 0.15) is 0 Å². The second kappa shape index (κ2) is 2.16. The highest BCUT2D eigenvalue weighted by Crippen LogP contribution is 1.51. The van der Waals surface area contributed by atoms with E-state index in [0.717, 1.165) is 0 Å². The van der Waals surface area contributed by atoms with Gasteiger partial charge in [0.25, 0.3) is 0 Å². The summed E-state index contributed by atoms with van der Waals surface area (Å²) in [5.41, 5.74) is 6.64. The molecule has 0 aromatic heterocycles. The van der Waals surface area contributed by atoms with Crippen LogP contribution in [-0.2, 0) is 4.79 Å². The molecule has 0 bridgehead atoms. The summed E-state index contributed by atoms with van der Waals surface area (Å²) in [4.78, 5) is 9.61. The number of hydrogen-bond donors (Lipinski definition) is 1. The molecule has 30 valence electrons. The van der Waals surface area contributed by atoms with Gasteiger partial charge >= 0.3 is 5.91 Å². The summed E-state index contributed by atoms with van der Waals surface area (Å²) in [6, 6.07) is 0. The van der Waals surface area contributed by atoms with Gasteiger partial charge in [0.1, 0.15) is 5.73 Å². The molecule has 0 saturated heterocycles. The highest BCUT2D eigenvalue weighted by atomic mass is 16.1. The van der Waals surface area contributed by atoms with Crippen molar-refractivity contribution >= 4 is 5.91 Å². The number of nitrogens with two attached hydrogens (primary N) is 1. The molecular weight excluding hydrogens is 78.0 g/mol. The quantitative estimate of drug-likeness (QED) is 0.261. The fourth-order valence-corrected chi connectivity index (χ4v) is 0.0871. The smallest absolute Gasteiger partial charge is 0.340 e. The van der Waals surface area contributed by atoms with Crippen molar-refractivity contribution in [2.24, 2.45) is 5.73 Å². The van der Waals surface area contributed by atoms with Gasteiger partial charge in [0, 0.05) is 0 Å². The van der Waals surface area contributed by atoms with Crippen LogP contribution in [0.2, 0.25) is 0 Å². The molecule has 0 heterocycles. The lowest BCUT2D eigenvalue weighted by Crippen LogP contribution is -2.05. The molecule has 0 spiro atoms. The van der Waals surface area contributed by atoms with Crippen LogP contribution in [0.25, 0.3) is 0 Å². The lowest BCUT2D eigenvalue weighted by atomic mass is 10.6. The third-order valence-electron chi connectivity index (χ3n) is 0.212. The average molecular weight is 82.1 g/mol. The molecule has 2 N–H and O–H groups in total. The van der Waals surface area contributed by atoms with Gasteiger partial charge in [-0.2, -0.15) is 0 Å². The van der Waals surface area contributed by atoms with E-state index in [0.29, 0.717) is 0 Å². The van der Waals surface area contributed by atoms with E-state index >= 15 is 0 Å². The molecule has 1 amide bonds. The van der Waals surface area contributed by atoms with Crippen molar-refractivity contribution in [2.45, 2.75) is 0 Å². The predicted octanol–water partition coefficient (Wildman–Crippen LogP) is -0.384. The van der Waals surface area contributed by atoms with E-state index in [1.165, 1.54) is 0 Å². The summed E-state index contributed by atoms with van der Waals surface area (Å²) in [6.45, 7) is 3.06. The molecule has 0 unspecified atom stereocenters. The Bertz CT molecular complexity index is 100. The van der Waals surface area contributed by atoms with Crippen molar-refractivity contribution < 1.29 is 4.79 Å². The fourth-order valence-electron chi connectivity index (χ4n) is 0.0871. The van der Waals surface area contributed by atoms with Crippen molar-refractivity contribution in [3.05, 3.63) is 18.4 Å². The van der Waals surface area contributed by atoms with Crippen LogP contribution in [0.15, 0.2) is 12.3 Å². The van der Waals surface area contributed by atoms with Gasteiger partial charge in [0.15, 0.2) is 0 Å². The lowest BCUT2D eigenvalue weighted by Gasteiger charge is -1.54. The molecule has 0 aromatic carbocycles. The zero-order valence-corrected chi connectivity index (χ0v) is 3.19. The second-order valence-corrected chi connectivity index (χ2v) is 0.666. The first-order valence-electron chi connectivity index (χ1n) is 1.35. The Morgan fingerprint density at radius 1 is 2.00 bits per heavy atom. The maximum Gasteiger partial charge on any atom is 0.396 e. The molecule has 0 fully saturated rings. The summed E-state index contributed by atoms with van der Waals surface area (Å²) in [7, 11) is 0. The summed E-state index contributed by atoms with van der Waals surface area (Å²) in [5, 5.41) is 0. The Kier molecular flexibility index (Phi) is 1.76. The predicted molar refractivity (Wildman–Crippen MR) is 21.6 cm³/mol. The number of amides is 1. The number of hydrogen-bond acceptors (Lipinski definition) is 1. The molecule has 0 aliphatic carbocycles. The number of rotatable bonds is 1. The second-order valence-electron chi connectivity index (χ2n) is 0.666. The maximum atomic E-state index is 9.61. The molecule has 2 nitrogen and oxygen atoms in total. The van der Waals surface area contributed by atoms with Gasteiger partial charge in [-0.25, -0.2) is 4.79 Å². The number of carbonyl (C=O) groups excluding carboxylic acids is 1. The van der Waals surface area contributed by atoms with Gasteiger partial charge in [-0.1, -0.05) is 0 Å². The van der Waals surface area contributed by atoms with E-state index < -0.39 is 5.91 Å². The summed E-state index contributed by atoms with van der Waals surface area (Å²) in [6.07, 6.45) is 1.99. The monoisotopic (exact) mass is 82.0 g/mol. The van der Waals surface area contributed by atoms with Crippen molar-refractivity contribution in [2.75, 3.05) is 0 Å². The molecule has 0 radical (unpaired) electrons. The van der Waals surface area contributed by atoms with Crippen molar-refractivity contribution in [3.63, 3.8) is 0 Å². The number of carbonyl (C=O) groups is 1. The van der Waals surface area contributed by atoms with Crippen molar-refractivity contribution in [1.29, 1.82) is 0 Å². The van der Waals surface area contributed by atoms with E-state index in [2.05, 4.69) is 18.0 Å². The molecule has 0 aliphatic heterocycles. The Morgan fingerprint density at radius 3 is 2.50 bits per heavy atom. The minimum absolute atomic E-state index is 0.634. The Balaban J connectivity index is 3.60. The normalized spacial score (nSPS) is 5.33. The Labute approximate surface area is 36.0 Å². The zero-order chi connectivity index (χ0) is 4.99. The first-order chi connectivity index (χ1) is 2.77. The maximum absolute atomic E-state index is 9.61. The SMILES string of the molecule is C=C=[C+]C(N)=O. The van der Waals surface area contributed by atoms with E-state index in [1.54, 1.807) is 0 Å². The first-order valence-corrected chi connectivity index (χ1v) is 1.35. The molecule has 0 rings (SSSR count). The van der Waals surface area contributed by atoms with Crippen LogP contribution in [0, 0.1) is 6.08 Å². The highest BCUT2D eigenvalue weighted by molar-refractivity contribution is 5.81. The van der Waals surface area contributed by atoms with Crippen LogP contribution >= 0.6 is 0 Å². The summed E-state index contributed by atoms with van der Waals surface area (Å²) >= 11 is 0. The Hall–Kier alpha value is -1.10. The van der Waals surface area contributed by atoms with Crippen LogP contribution < -0.4 is 5.73 Å². The largest absolute Gasteiger partial charge is 0.396 e. The van der Waals surface area contributed by atoms with Crippen LogP contribution in [0.3, 0.4) is 0 Å². The lowest BCUT2D eigenvalue weighted by molar-refractivity contribution is -0.114. The van der Waals surface area contributed by atoms with E-state index in [4.69, 9.17) is 0 Å².